The number of thiophene rings is 1. The minimum absolute atomic E-state index is 0.00987. The van der Waals surface area contributed by atoms with Crippen LogP contribution in [0.25, 0.3) is 0 Å². The molecule has 50 heavy (non-hydrogen) atoms. The van der Waals surface area contributed by atoms with Gasteiger partial charge in [0.15, 0.2) is 5.78 Å². The first-order chi connectivity index (χ1) is 23.8. The SMILES string of the molecule is CS(=O)(=O)CC[C@@H]1NC(=O)[C@@H](Cc2cccs2)NC(=O)CCC(=O)Nc2ccc(cc2)C[C@@H](C(=O)O)CC(=O)[C@@H](Cc2ccccc2)NC1=O. The van der Waals surface area contributed by atoms with Gasteiger partial charge < -0.3 is 26.4 Å². The molecule has 5 N–H and O–H groups in total. The Balaban J connectivity index is 1.70. The van der Waals surface area contributed by atoms with Crippen LogP contribution in [0.3, 0.4) is 0 Å². The number of carbonyl (C=O) groups excluding carboxylic acids is 5. The molecule has 15 heteroatoms. The summed E-state index contributed by atoms with van der Waals surface area (Å²) in [7, 11) is -3.60. The van der Waals surface area contributed by atoms with E-state index in [1.54, 1.807) is 72.1 Å². The number of hydrogen-bond donors (Lipinski definition) is 5. The Morgan fingerprint density at radius 1 is 0.780 bits per heavy atom. The topological polar surface area (TPSA) is 205 Å². The molecule has 0 radical (unpaired) electrons. The van der Waals surface area contributed by atoms with Crippen LogP contribution in [0.1, 0.15) is 41.7 Å². The third kappa shape index (κ3) is 12.2. The molecule has 4 amide bonds. The molecule has 2 aromatic carbocycles. The highest BCUT2D eigenvalue weighted by atomic mass is 32.2. The van der Waals surface area contributed by atoms with Crippen LogP contribution in [-0.2, 0) is 57.9 Å². The fourth-order valence-corrected chi connectivity index (χ4v) is 6.85. The standard InChI is InChI=1S/C35H40N4O9S2/c1-50(47,48)17-15-27-33(43)39-28(19-22-6-3-2-4-7-22)30(40)20-24(35(45)46)18-23-9-11-25(12-10-23)36-31(41)13-14-32(42)37-29(34(44)38-27)21-26-8-5-16-49-26/h2-12,16,24,27-29H,13-15,17-21H2,1H3,(H,36,41)(H,37,42)(H,38,44)(H,39,43)(H,45,46)/t24-,27+,28-,29-/m1/s1. The number of sulfone groups is 1. The molecule has 0 saturated heterocycles. The summed E-state index contributed by atoms with van der Waals surface area (Å²) in [5.41, 5.74) is 1.70. The van der Waals surface area contributed by atoms with Gasteiger partial charge in [0, 0.05) is 42.5 Å². The molecule has 2 bridgehead atoms. The number of carboxylic acids is 1. The first kappa shape index (κ1) is 37.9. The number of amides is 4. The highest BCUT2D eigenvalue weighted by molar-refractivity contribution is 7.90. The molecule has 5 rings (SSSR count). The summed E-state index contributed by atoms with van der Waals surface area (Å²) in [6, 6.07) is 14.9. The van der Waals surface area contributed by atoms with E-state index in [4.69, 9.17) is 0 Å². The van der Waals surface area contributed by atoms with Crippen LogP contribution in [-0.4, -0.2) is 79.0 Å². The van der Waals surface area contributed by atoms with E-state index in [2.05, 4.69) is 21.3 Å². The van der Waals surface area contributed by atoms with Gasteiger partial charge in [-0.25, -0.2) is 8.42 Å². The summed E-state index contributed by atoms with van der Waals surface area (Å²) in [4.78, 5) is 80.0. The zero-order valence-corrected chi connectivity index (χ0v) is 29.1. The van der Waals surface area contributed by atoms with Crippen LogP contribution in [0, 0.1) is 5.92 Å². The van der Waals surface area contributed by atoms with Crippen molar-refractivity contribution in [1.29, 1.82) is 0 Å². The number of nitrogens with one attached hydrogen (secondary N) is 4. The van der Waals surface area contributed by atoms with Crippen molar-refractivity contribution in [1.82, 2.24) is 16.0 Å². The van der Waals surface area contributed by atoms with Gasteiger partial charge in [0.2, 0.25) is 23.6 Å². The Labute approximate surface area is 294 Å². The Kier molecular flexibility index (Phi) is 13.4. The van der Waals surface area contributed by atoms with Gasteiger partial charge >= 0.3 is 5.97 Å². The highest BCUT2D eigenvalue weighted by Crippen LogP contribution is 2.19. The number of anilines is 1. The molecule has 13 nitrogen and oxygen atoms in total. The number of rotatable bonds is 8. The zero-order valence-electron chi connectivity index (χ0n) is 27.4. The monoisotopic (exact) mass is 724 g/mol. The molecular formula is C35H40N4O9S2. The molecule has 0 saturated carbocycles. The third-order valence-electron chi connectivity index (χ3n) is 8.13. The summed E-state index contributed by atoms with van der Waals surface area (Å²) in [5, 5.41) is 22.4. The van der Waals surface area contributed by atoms with Crippen LogP contribution in [0.15, 0.2) is 72.1 Å². The van der Waals surface area contributed by atoms with E-state index in [0.717, 1.165) is 11.1 Å². The Hall–Kier alpha value is -4.89. The van der Waals surface area contributed by atoms with E-state index >= 15 is 0 Å². The quantitative estimate of drug-likeness (QED) is 0.216. The van der Waals surface area contributed by atoms with Crippen molar-refractivity contribution in [3.63, 3.8) is 0 Å². The Morgan fingerprint density at radius 2 is 1.44 bits per heavy atom. The molecule has 4 atom stereocenters. The summed E-state index contributed by atoms with van der Waals surface area (Å²) in [6.07, 6.45) is -0.184. The van der Waals surface area contributed by atoms with Gasteiger partial charge in [0.1, 0.15) is 21.9 Å². The predicted octanol–water partition coefficient (Wildman–Crippen LogP) is 2.06. The average molecular weight is 725 g/mol. The van der Waals surface area contributed by atoms with E-state index in [1.165, 1.54) is 11.3 Å². The lowest BCUT2D eigenvalue weighted by Crippen LogP contribution is -2.57. The summed E-state index contributed by atoms with van der Waals surface area (Å²) < 4.78 is 24.3. The Morgan fingerprint density at radius 3 is 2.08 bits per heavy atom. The molecule has 0 unspecified atom stereocenters. The lowest BCUT2D eigenvalue weighted by atomic mass is 9.90. The van der Waals surface area contributed by atoms with E-state index in [0.29, 0.717) is 16.8 Å². The minimum Gasteiger partial charge on any atom is -0.481 e. The number of aliphatic carboxylic acids is 1. The summed E-state index contributed by atoms with van der Waals surface area (Å²) >= 11 is 1.34. The number of ketones is 1. The largest absolute Gasteiger partial charge is 0.481 e. The number of hydrogen-bond acceptors (Lipinski definition) is 9. The fraction of sp³-hybridized carbons (Fsp3) is 0.371. The van der Waals surface area contributed by atoms with Crippen molar-refractivity contribution in [3.05, 3.63) is 88.1 Å². The van der Waals surface area contributed by atoms with Crippen molar-refractivity contribution in [2.75, 3.05) is 17.3 Å². The van der Waals surface area contributed by atoms with Crippen molar-refractivity contribution in [2.24, 2.45) is 5.92 Å². The molecule has 2 aliphatic heterocycles. The Bertz CT molecular complexity index is 1780. The third-order valence-corrected chi connectivity index (χ3v) is 10.0. The summed E-state index contributed by atoms with van der Waals surface area (Å²) in [5.74, 6) is -6.08. The molecule has 1 aromatic heterocycles. The highest BCUT2D eigenvalue weighted by Gasteiger charge is 2.32. The molecular weight excluding hydrogens is 685 g/mol. The smallest absolute Gasteiger partial charge is 0.307 e. The molecule has 0 aliphatic carbocycles. The number of fused-ring (bicyclic) bond motifs is 18. The van der Waals surface area contributed by atoms with Gasteiger partial charge in [-0.2, -0.15) is 0 Å². The van der Waals surface area contributed by atoms with E-state index < -0.39 is 81.4 Å². The van der Waals surface area contributed by atoms with Crippen LogP contribution in [0.4, 0.5) is 5.69 Å². The first-order valence-corrected chi connectivity index (χ1v) is 19.0. The van der Waals surface area contributed by atoms with Gasteiger partial charge in [-0.1, -0.05) is 48.5 Å². The molecule has 0 spiro atoms. The zero-order chi connectivity index (χ0) is 36.3. The molecule has 0 fully saturated rings. The van der Waals surface area contributed by atoms with Crippen molar-refractivity contribution < 1.29 is 42.3 Å². The van der Waals surface area contributed by atoms with Crippen molar-refractivity contribution in [3.8, 4) is 0 Å². The number of benzene rings is 2. The minimum atomic E-state index is -3.60. The van der Waals surface area contributed by atoms with Gasteiger partial charge in [-0.3, -0.25) is 28.8 Å². The van der Waals surface area contributed by atoms with E-state index in [-0.39, 0.29) is 38.5 Å². The lowest BCUT2D eigenvalue weighted by molar-refractivity contribution is -0.144. The van der Waals surface area contributed by atoms with Gasteiger partial charge in [0.25, 0.3) is 0 Å². The van der Waals surface area contributed by atoms with Gasteiger partial charge in [-0.05, 0) is 54.0 Å². The number of carboxylic acid groups (broad SMARTS) is 1. The van der Waals surface area contributed by atoms with E-state index in [9.17, 15) is 42.3 Å². The maximum atomic E-state index is 13.8. The van der Waals surface area contributed by atoms with Crippen LogP contribution in [0.2, 0.25) is 0 Å². The van der Waals surface area contributed by atoms with Gasteiger partial charge in [0.05, 0.1) is 17.7 Å². The van der Waals surface area contributed by atoms with Crippen molar-refractivity contribution in [2.45, 2.75) is 63.1 Å². The second-order valence-corrected chi connectivity index (χ2v) is 15.6. The second-order valence-electron chi connectivity index (χ2n) is 12.3. The molecule has 3 aromatic rings. The molecule has 266 valence electrons. The van der Waals surface area contributed by atoms with Crippen LogP contribution >= 0.6 is 11.3 Å². The normalized spacial score (nSPS) is 21.7. The predicted molar refractivity (Wildman–Crippen MR) is 187 cm³/mol. The fourth-order valence-electron chi connectivity index (χ4n) is 5.44. The average Bonchev–Trinajstić information content (AvgIpc) is 3.58. The van der Waals surface area contributed by atoms with Gasteiger partial charge in [-0.15, -0.1) is 11.3 Å². The number of Topliss-reactive ketones (excluding diaryl/α,β-unsaturated/α-hetero) is 1. The summed E-state index contributed by atoms with van der Waals surface area (Å²) in [6.45, 7) is 0. The van der Waals surface area contributed by atoms with Crippen molar-refractivity contribution >= 4 is 62.2 Å². The maximum Gasteiger partial charge on any atom is 0.307 e. The van der Waals surface area contributed by atoms with Crippen LogP contribution in [0.5, 0.6) is 0 Å². The number of carbonyl (C=O) groups is 6. The van der Waals surface area contributed by atoms with E-state index in [1.807, 2.05) is 0 Å². The lowest BCUT2D eigenvalue weighted by Gasteiger charge is -2.26. The maximum absolute atomic E-state index is 13.8. The van der Waals surface area contributed by atoms with Crippen LogP contribution < -0.4 is 21.3 Å². The molecule has 3 heterocycles. The molecule has 2 aliphatic rings. The second kappa shape index (κ2) is 17.7. The first-order valence-electron chi connectivity index (χ1n) is 16.0.